The van der Waals surface area contributed by atoms with Crippen LogP contribution in [0.15, 0.2) is 182 Å². The van der Waals surface area contributed by atoms with Crippen LogP contribution in [0.3, 0.4) is 0 Å². The smallest absolute Gasteiger partial charge is 0.0940 e. The topological polar surface area (TPSA) is 40.6 Å². The lowest BCUT2D eigenvalue weighted by Crippen LogP contribution is -2.26. The first-order valence-corrected chi connectivity index (χ1v) is 21.1. The van der Waals surface area contributed by atoms with Gasteiger partial charge in [-0.25, -0.2) is 0 Å². The summed E-state index contributed by atoms with van der Waals surface area (Å²) >= 11 is 0. The molecule has 56 heavy (non-hydrogen) atoms. The van der Waals surface area contributed by atoms with Gasteiger partial charge in [0.05, 0.1) is 27.2 Å². The molecule has 0 amide bonds. The Labute approximate surface area is 332 Å². The Morgan fingerprint density at radius 2 is 0.679 bits per heavy atom. The Morgan fingerprint density at radius 1 is 0.357 bits per heavy atom. The number of hydrogen-bond donors (Lipinski definition) is 0. The van der Waals surface area contributed by atoms with Crippen molar-refractivity contribution < 1.29 is 9.13 Å². The van der Waals surface area contributed by atoms with Crippen LogP contribution in [0.1, 0.15) is 33.4 Å². The summed E-state index contributed by atoms with van der Waals surface area (Å²) in [4.78, 5) is 4.17. The molecule has 0 aromatic heterocycles. The van der Waals surface area contributed by atoms with E-state index < -0.39 is 27.2 Å². The molecule has 8 aromatic rings. The minimum absolute atomic E-state index is 0.952. The van der Waals surface area contributed by atoms with Crippen LogP contribution in [0.5, 0.6) is 0 Å². The van der Waals surface area contributed by atoms with Crippen LogP contribution in [0.4, 0.5) is 11.4 Å². The van der Waals surface area contributed by atoms with E-state index in [1.54, 1.807) is 0 Å². The molecule has 0 aliphatic heterocycles. The molecule has 0 saturated carbocycles. The fourth-order valence-corrected chi connectivity index (χ4v) is 10.6. The minimum Gasteiger partial charge on any atom is -0.378 e. The minimum atomic E-state index is -1.45. The molecule has 0 saturated heterocycles. The zero-order valence-corrected chi connectivity index (χ0v) is 34.5. The van der Waals surface area contributed by atoms with Crippen LogP contribution in [0.25, 0.3) is 32.7 Å². The highest BCUT2D eigenvalue weighted by molar-refractivity contribution is 7.26. The third kappa shape index (κ3) is 6.19. The molecule has 278 valence electrons. The van der Waals surface area contributed by atoms with Gasteiger partial charge in [-0.1, -0.05) is 158 Å². The van der Waals surface area contributed by atoms with E-state index in [1.807, 2.05) is 64.6 Å². The second-order valence-electron chi connectivity index (χ2n) is 14.9. The summed E-state index contributed by atoms with van der Waals surface area (Å²) < 4.78 is 29.3. The maximum absolute atomic E-state index is 14.6. The Balaban J connectivity index is 1.58. The second-order valence-corrected chi connectivity index (χ2v) is 17.1. The molecule has 8 aromatic carbocycles. The van der Waals surface area contributed by atoms with Gasteiger partial charge >= 0.3 is 0 Å². The average molecular weight is 769 g/mol. The predicted octanol–water partition coefficient (Wildman–Crippen LogP) is 11.9. The molecule has 4 atom stereocenters. The molecule has 0 spiro atoms. The molecular weight excluding hydrogens is 723 g/mol. The summed E-state index contributed by atoms with van der Waals surface area (Å²) in [5.41, 5.74) is 9.88. The van der Waals surface area contributed by atoms with Gasteiger partial charge in [-0.05, 0) is 90.3 Å². The van der Waals surface area contributed by atoms with Crippen molar-refractivity contribution in [2.75, 3.05) is 38.0 Å². The normalized spacial score (nSPS) is 14.0. The van der Waals surface area contributed by atoms with Crippen molar-refractivity contribution in [1.29, 1.82) is 0 Å². The molecule has 0 radical (unpaired) electrons. The SMILES string of the molecule is CN(C)c1ccc(C([PH2]=O)(c2ccccc2)c2ccc3ccccc3c2-c2c(C([PH2]=O)(c3ccccc3)c3ccc(N(C)C)cc3)ccc3ccccc23)cc1. The zero-order chi connectivity index (χ0) is 38.9. The number of anilines is 2. The van der Waals surface area contributed by atoms with Crippen LogP contribution >= 0.6 is 16.9 Å². The largest absolute Gasteiger partial charge is 0.378 e. The lowest BCUT2D eigenvalue weighted by Gasteiger charge is -2.37. The van der Waals surface area contributed by atoms with E-state index in [2.05, 4.69) is 155 Å². The van der Waals surface area contributed by atoms with Gasteiger partial charge in [0.2, 0.25) is 0 Å². The number of hydrogen-bond acceptors (Lipinski definition) is 4. The first-order chi connectivity index (χ1) is 27.3. The van der Waals surface area contributed by atoms with Crippen molar-refractivity contribution in [2.45, 2.75) is 10.3 Å². The summed E-state index contributed by atoms with van der Waals surface area (Å²) in [6, 6.07) is 63.3. The Bertz CT molecular complexity index is 2490. The zero-order valence-electron chi connectivity index (χ0n) is 32.2. The van der Waals surface area contributed by atoms with E-state index in [-0.39, 0.29) is 0 Å². The van der Waals surface area contributed by atoms with Crippen molar-refractivity contribution in [2.24, 2.45) is 0 Å². The maximum atomic E-state index is 14.6. The van der Waals surface area contributed by atoms with Crippen molar-refractivity contribution in [1.82, 2.24) is 0 Å². The third-order valence-electron chi connectivity index (χ3n) is 11.4. The number of rotatable bonds is 11. The Kier molecular flexibility index (Phi) is 10.3. The molecule has 0 bridgehead atoms. The quantitative estimate of drug-likeness (QED) is 0.0971. The highest BCUT2D eigenvalue weighted by Gasteiger charge is 2.42. The average Bonchev–Trinajstić information content (AvgIpc) is 3.25. The molecule has 0 N–H and O–H groups in total. The first kappa shape index (κ1) is 37.3. The van der Waals surface area contributed by atoms with Crippen LogP contribution in [0.2, 0.25) is 0 Å². The van der Waals surface area contributed by atoms with Crippen LogP contribution in [-0.4, -0.2) is 28.2 Å². The summed E-state index contributed by atoms with van der Waals surface area (Å²) in [6.45, 7) is 0. The lowest BCUT2D eigenvalue weighted by molar-refractivity contribution is 0.585. The second kappa shape index (κ2) is 15.5. The molecule has 4 unspecified atom stereocenters. The van der Waals surface area contributed by atoms with Crippen molar-refractivity contribution >= 4 is 49.8 Å². The van der Waals surface area contributed by atoms with Gasteiger partial charge in [-0.3, -0.25) is 0 Å². The molecule has 4 nitrogen and oxygen atoms in total. The molecular formula is C50H46N2O2P2. The lowest BCUT2D eigenvalue weighted by atomic mass is 9.74. The summed E-state index contributed by atoms with van der Waals surface area (Å²) in [5.74, 6) is 0. The Morgan fingerprint density at radius 3 is 1.02 bits per heavy atom. The van der Waals surface area contributed by atoms with E-state index in [1.165, 1.54) is 0 Å². The maximum Gasteiger partial charge on any atom is 0.0940 e. The van der Waals surface area contributed by atoms with Crippen molar-refractivity contribution in [3.63, 3.8) is 0 Å². The number of nitrogens with zero attached hydrogens (tertiary/aromatic N) is 2. The van der Waals surface area contributed by atoms with Crippen molar-refractivity contribution in [3.05, 3.63) is 215 Å². The fraction of sp³-hybridized carbons (Fsp3) is 0.120. The monoisotopic (exact) mass is 768 g/mol. The number of benzene rings is 8. The van der Waals surface area contributed by atoms with Crippen LogP contribution in [-0.2, 0) is 19.4 Å². The molecule has 0 aliphatic rings. The first-order valence-electron chi connectivity index (χ1n) is 19.0. The van der Waals surface area contributed by atoms with Gasteiger partial charge in [0.25, 0.3) is 0 Å². The fourth-order valence-electron chi connectivity index (χ4n) is 8.54. The van der Waals surface area contributed by atoms with Gasteiger partial charge in [0, 0.05) is 39.6 Å². The van der Waals surface area contributed by atoms with E-state index in [9.17, 15) is 9.13 Å². The molecule has 0 heterocycles. The van der Waals surface area contributed by atoms with Gasteiger partial charge in [-0.2, -0.15) is 0 Å². The summed E-state index contributed by atoms with van der Waals surface area (Å²) in [7, 11) is 5.23. The standard InChI is InChI=1S/C50H46N2O2P2/c1-51(2)41-29-25-39(26-30-41)49(55-53,37-17-7-5-8-18-37)45-33-23-35-15-11-13-21-43(35)47(45)48-44-22-14-12-16-36(44)24-34-46(48)50(56-54,38-19-9-6-10-20-38)40-27-31-42(32-28-40)52(3)4/h5-34H,55-56H2,1-4H3. The van der Waals surface area contributed by atoms with E-state index in [0.29, 0.717) is 0 Å². The van der Waals surface area contributed by atoms with Crippen LogP contribution in [0, 0.1) is 0 Å². The van der Waals surface area contributed by atoms with Gasteiger partial charge in [-0.15, -0.1) is 0 Å². The molecule has 8 rings (SSSR count). The molecule has 0 aliphatic carbocycles. The highest BCUT2D eigenvalue weighted by Crippen LogP contribution is 2.57. The number of fused-ring (bicyclic) bond motifs is 2. The van der Waals surface area contributed by atoms with Gasteiger partial charge in [0.15, 0.2) is 0 Å². The summed E-state index contributed by atoms with van der Waals surface area (Å²) in [6.07, 6.45) is 0. The summed E-state index contributed by atoms with van der Waals surface area (Å²) in [5, 5.41) is 2.26. The van der Waals surface area contributed by atoms with Crippen LogP contribution < -0.4 is 9.80 Å². The van der Waals surface area contributed by atoms with Crippen molar-refractivity contribution in [3.8, 4) is 11.1 Å². The third-order valence-corrected chi connectivity index (χ3v) is 14.1. The highest BCUT2D eigenvalue weighted by atomic mass is 31.1. The van der Waals surface area contributed by atoms with Gasteiger partial charge in [0.1, 0.15) is 0 Å². The van der Waals surface area contributed by atoms with E-state index in [0.717, 1.165) is 77.4 Å². The predicted molar refractivity (Wildman–Crippen MR) is 242 cm³/mol. The molecule has 0 fully saturated rings. The van der Waals surface area contributed by atoms with E-state index in [4.69, 9.17) is 0 Å². The van der Waals surface area contributed by atoms with E-state index >= 15 is 0 Å². The Hall–Kier alpha value is -5.66. The molecule has 6 heteroatoms. The van der Waals surface area contributed by atoms with Gasteiger partial charge < -0.3 is 18.9 Å².